The zero-order valence-electron chi connectivity index (χ0n) is 11.0. The minimum absolute atomic E-state index is 0.110. The van der Waals surface area contributed by atoms with Gasteiger partial charge in [0.25, 0.3) is 5.91 Å². The van der Waals surface area contributed by atoms with Crippen molar-refractivity contribution in [2.24, 2.45) is 0 Å². The Morgan fingerprint density at radius 2 is 2.21 bits per heavy atom. The van der Waals surface area contributed by atoms with Crippen LogP contribution in [0.2, 0.25) is 0 Å². The maximum atomic E-state index is 12.5. The minimum Gasteiger partial charge on any atom is -0.493 e. The van der Waals surface area contributed by atoms with Gasteiger partial charge < -0.3 is 15.0 Å². The summed E-state index contributed by atoms with van der Waals surface area (Å²) < 4.78 is 5.46. The van der Waals surface area contributed by atoms with Gasteiger partial charge in [-0.2, -0.15) is 0 Å². The van der Waals surface area contributed by atoms with Gasteiger partial charge in [-0.25, -0.2) is 0 Å². The Bertz CT molecular complexity index is 474. The highest BCUT2D eigenvalue weighted by Crippen LogP contribution is 2.20. The molecule has 1 aliphatic rings. The molecule has 0 saturated carbocycles. The van der Waals surface area contributed by atoms with Crippen LogP contribution in [0.4, 0.5) is 0 Å². The van der Waals surface area contributed by atoms with Gasteiger partial charge in [-0.05, 0) is 25.5 Å². The monoisotopic (exact) mass is 262 g/mol. The van der Waals surface area contributed by atoms with Crippen molar-refractivity contribution in [2.45, 2.75) is 13.3 Å². The first kappa shape index (κ1) is 13.4. The second-order valence-electron chi connectivity index (χ2n) is 4.36. The molecule has 0 aromatic heterocycles. The highest BCUT2D eigenvalue weighted by atomic mass is 16.5. The van der Waals surface area contributed by atoms with Gasteiger partial charge in [0.2, 0.25) is 5.91 Å². The van der Waals surface area contributed by atoms with E-state index in [2.05, 4.69) is 5.32 Å². The highest BCUT2D eigenvalue weighted by Gasteiger charge is 2.23. The van der Waals surface area contributed by atoms with E-state index in [1.54, 1.807) is 23.1 Å². The van der Waals surface area contributed by atoms with E-state index in [-0.39, 0.29) is 18.4 Å². The summed E-state index contributed by atoms with van der Waals surface area (Å²) in [5, 5.41) is 2.76. The van der Waals surface area contributed by atoms with Gasteiger partial charge in [0.1, 0.15) is 5.75 Å². The maximum Gasteiger partial charge on any atom is 0.258 e. The Hall–Kier alpha value is -2.04. The molecule has 1 fully saturated rings. The number of hydrogen-bond acceptors (Lipinski definition) is 3. The number of rotatable bonds is 3. The second kappa shape index (κ2) is 6.22. The summed E-state index contributed by atoms with van der Waals surface area (Å²) in [4.78, 5) is 25.5. The number of hydrogen-bond donors (Lipinski definition) is 1. The fraction of sp³-hybridized carbons (Fsp3) is 0.429. The average Bonchev–Trinajstić information content (AvgIpc) is 2.64. The van der Waals surface area contributed by atoms with Crippen molar-refractivity contribution in [1.29, 1.82) is 0 Å². The topological polar surface area (TPSA) is 58.6 Å². The first-order valence-electron chi connectivity index (χ1n) is 6.50. The lowest BCUT2D eigenvalue weighted by molar-refractivity contribution is -0.121. The number of ether oxygens (including phenoxy) is 1. The Morgan fingerprint density at radius 1 is 1.42 bits per heavy atom. The van der Waals surface area contributed by atoms with Gasteiger partial charge in [-0.3, -0.25) is 9.59 Å². The summed E-state index contributed by atoms with van der Waals surface area (Å²) in [6.45, 7) is 3.69. The summed E-state index contributed by atoms with van der Waals surface area (Å²) in [6.07, 6.45) is 0.772. The SMILES string of the molecule is CCOc1ccccc1C(=O)N1CCCNC(=O)C1. The van der Waals surface area contributed by atoms with E-state index in [0.717, 1.165) is 6.42 Å². The fourth-order valence-electron chi connectivity index (χ4n) is 2.07. The first-order chi connectivity index (χ1) is 9.22. The lowest BCUT2D eigenvalue weighted by Gasteiger charge is -2.20. The number of amides is 2. The van der Waals surface area contributed by atoms with Gasteiger partial charge in [0.15, 0.2) is 0 Å². The van der Waals surface area contributed by atoms with Crippen LogP contribution in [-0.2, 0) is 4.79 Å². The number of nitrogens with zero attached hydrogens (tertiary/aromatic N) is 1. The summed E-state index contributed by atoms with van der Waals surface area (Å²) in [6, 6.07) is 7.13. The lowest BCUT2D eigenvalue weighted by atomic mass is 10.1. The molecule has 0 bridgehead atoms. The number of para-hydroxylation sites is 1. The van der Waals surface area contributed by atoms with E-state index in [4.69, 9.17) is 4.74 Å². The Morgan fingerprint density at radius 3 is 3.00 bits per heavy atom. The molecule has 19 heavy (non-hydrogen) atoms. The summed E-state index contributed by atoms with van der Waals surface area (Å²) in [5.74, 6) is 0.306. The van der Waals surface area contributed by atoms with Crippen LogP contribution >= 0.6 is 0 Å². The van der Waals surface area contributed by atoms with Crippen molar-refractivity contribution in [3.63, 3.8) is 0 Å². The molecular weight excluding hydrogens is 244 g/mol. The van der Waals surface area contributed by atoms with E-state index in [1.807, 2.05) is 13.0 Å². The number of carbonyl (C=O) groups excluding carboxylic acids is 2. The van der Waals surface area contributed by atoms with Crippen molar-refractivity contribution < 1.29 is 14.3 Å². The molecule has 1 saturated heterocycles. The Balaban J connectivity index is 2.20. The van der Waals surface area contributed by atoms with E-state index < -0.39 is 0 Å². The fourth-order valence-corrected chi connectivity index (χ4v) is 2.07. The normalized spacial score (nSPS) is 15.6. The molecule has 1 N–H and O–H groups in total. The highest BCUT2D eigenvalue weighted by molar-refractivity contribution is 5.98. The van der Waals surface area contributed by atoms with Crippen molar-refractivity contribution in [3.8, 4) is 5.75 Å². The zero-order chi connectivity index (χ0) is 13.7. The van der Waals surface area contributed by atoms with Crippen LogP contribution in [-0.4, -0.2) is 43.0 Å². The molecule has 0 radical (unpaired) electrons. The smallest absolute Gasteiger partial charge is 0.258 e. The minimum atomic E-state index is -0.152. The quantitative estimate of drug-likeness (QED) is 0.885. The molecule has 0 atom stereocenters. The largest absolute Gasteiger partial charge is 0.493 e. The Kier molecular flexibility index (Phi) is 4.39. The first-order valence-corrected chi connectivity index (χ1v) is 6.50. The van der Waals surface area contributed by atoms with Crippen LogP contribution in [0, 0.1) is 0 Å². The van der Waals surface area contributed by atoms with Gasteiger partial charge in [0, 0.05) is 13.1 Å². The summed E-state index contributed by atoms with van der Waals surface area (Å²) in [5.41, 5.74) is 0.513. The van der Waals surface area contributed by atoms with Crippen LogP contribution in [0.15, 0.2) is 24.3 Å². The number of nitrogens with one attached hydrogen (secondary N) is 1. The van der Waals surface area contributed by atoms with Gasteiger partial charge in [0.05, 0.1) is 18.7 Å². The molecule has 0 aliphatic carbocycles. The lowest BCUT2D eigenvalue weighted by Crippen LogP contribution is -2.37. The third-order valence-electron chi connectivity index (χ3n) is 2.97. The standard InChI is InChI=1S/C14H18N2O3/c1-2-19-12-7-4-3-6-11(12)14(18)16-9-5-8-15-13(17)10-16/h3-4,6-7H,2,5,8-10H2,1H3,(H,15,17). The molecule has 2 amide bonds. The van der Waals surface area contributed by atoms with Crippen molar-refractivity contribution in [2.75, 3.05) is 26.2 Å². The molecular formula is C14H18N2O3. The van der Waals surface area contributed by atoms with E-state index >= 15 is 0 Å². The van der Waals surface area contributed by atoms with Gasteiger partial charge >= 0.3 is 0 Å². The van der Waals surface area contributed by atoms with Crippen LogP contribution in [0.3, 0.4) is 0 Å². The third kappa shape index (κ3) is 3.24. The molecule has 5 heteroatoms. The molecule has 1 aliphatic heterocycles. The second-order valence-corrected chi connectivity index (χ2v) is 4.36. The molecule has 102 valence electrons. The van der Waals surface area contributed by atoms with E-state index in [0.29, 0.717) is 31.0 Å². The van der Waals surface area contributed by atoms with Crippen molar-refractivity contribution >= 4 is 11.8 Å². The van der Waals surface area contributed by atoms with Crippen molar-refractivity contribution in [3.05, 3.63) is 29.8 Å². The Labute approximate surface area is 112 Å². The van der Waals surface area contributed by atoms with E-state index in [1.165, 1.54) is 0 Å². The van der Waals surface area contributed by atoms with Crippen LogP contribution in [0.1, 0.15) is 23.7 Å². The summed E-state index contributed by atoms with van der Waals surface area (Å²) in [7, 11) is 0. The molecule has 0 spiro atoms. The van der Waals surface area contributed by atoms with Gasteiger partial charge in [-0.1, -0.05) is 12.1 Å². The van der Waals surface area contributed by atoms with E-state index in [9.17, 15) is 9.59 Å². The third-order valence-corrected chi connectivity index (χ3v) is 2.97. The molecule has 2 rings (SSSR count). The predicted octanol–water partition coefficient (Wildman–Crippen LogP) is 1.05. The predicted molar refractivity (Wildman–Crippen MR) is 71.1 cm³/mol. The van der Waals surface area contributed by atoms with Crippen molar-refractivity contribution in [1.82, 2.24) is 10.2 Å². The molecule has 0 unspecified atom stereocenters. The molecule has 5 nitrogen and oxygen atoms in total. The summed E-state index contributed by atoms with van der Waals surface area (Å²) >= 11 is 0. The molecule has 1 aromatic rings. The van der Waals surface area contributed by atoms with Crippen LogP contribution in [0.25, 0.3) is 0 Å². The van der Waals surface area contributed by atoms with Gasteiger partial charge in [-0.15, -0.1) is 0 Å². The zero-order valence-corrected chi connectivity index (χ0v) is 11.0. The molecule has 1 aromatic carbocycles. The van der Waals surface area contributed by atoms with Crippen LogP contribution in [0.5, 0.6) is 5.75 Å². The maximum absolute atomic E-state index is 12.5. The average molecular weight is 262 g/mol. The van der Waals surface area contributed by atoms with Crippen LogP contribution < -0.4 is 10.1 Å². The number of benzene rings is 1. The molecule has 1 heterocycles. The number of carbonyl (C=O) groups is 2.